The van der Waals surface area contributed by atoms with Crippen molar-refractivity contribution in [2.75, 3.05) is 5.32 Å². The van der Waals surface area contributed by atoms with E-state index in [9.17, 15) is 4.79 Å². The molecular weight excluding hydrogens is 236 g/mol. The molecule has 0 atom stereocenters. The van der Waals surface area contributed by atoms with Gasteiger partial charge in [-0.25, -0.2) is 9.78 Å². The van der Waals surface area contributed by atoms with Crippen LogP contribution < -0.4 is 5.32 Å². The molecule has 0 saturated heterocycles. The molecule has 2 rings (SSSR count). The standard InChI is InChI=1S/C12H12N2O2S/c1-7-3-4-10(9(5-7)11(15)16)14-12-13-8(2)6-17-12/h3-6H,1-2H3,(H,13,14)(H,15,16). The number of carbonyl (C=O) groups is 1. The first kappa shape index (κ1) is 11.6. The summed E-state index contributed by atoms with van der Waals surface area (Å²) in [5, 5.41) is 14.8. The molecule has 0 fully saturated rings. The van der Waals surface area contributed by atoms with Crippen LogP contribution in [0.5, 0.6) is 0 Å². The third-order valence-corrected chi connectivity index (χ3v) is 3.14. The van der Waals surface area contributed by atoms with Gasteiger partial charge in [-0.05, 0) is 26.0 Å². The van der Waals surface area contributed by atoms with Gasteiger partial charge in [0.2, 0.25) is 0 Å². The molecule has 1 aromatic carbocycles. The zero-order valence-electron chi connectivity index (χ0n) is 9.52. The molecule has 1 aromatic heterocycles. The zero-order chi connectivity index (χ0) is 12.4. The summed E-state index contributed by atoms with van der Waals surface area (Å²) in [6.07, 6.45) is 0. The number of carboxylic acids is 1. The van der Waals surface area contributed by atoms with Crippen LogP contribution in [-0.2, 0) is 0 Å². The summed E-state index contributed by atoms with van der Waals surface area (Å²) in [5.74, 6) is -0.940. The number of aromatic carboxylic acids is 1. The third kappa shape index (κ3) is 2.62. The van der Waals surface area contributed by atoms with E-state index in [1.165, 1.54) is 11.3 Å². The summed E-state index contributed by atoms with van der Waals surface area (Å²) >= 11 is 1.45. The Morgan fingerprint density at radius 3 is 2.76 bits per heavy atom. The van der Waals surface area contributed by atoms with Gasteiger partial charge < -0.3 is 10.4 Å². The van der Waals surface area contributed by atoms with Crippen molar-refractivity contribution in [1.29, 1.82) is 0 Å². The molecule has 0 radical (unpaired) electrons. The molecule has 0 saturated carbocycles. The first-order valence-corrected chi connectivity index (χ1v) is 5.97. The second kappa shape index (κ2) is 4.55. The predicted molar refractivity (Wildman–Crippen MR) is 68.3 cm³/mol. The number of benzene rings is 1. The van der Waals surface area contributed by atoms with Crippen molar-refractivity contribution in [3.63, 3.8) is 0 Å². The van der Waals surface area contributed by atoms with Crippen molar-refractivity contribution < 1.29 is 9.90 Å². The lowest BCUT2D eigenvalue weighted by molar-refractivity contribution is 0.0698. The van der Waals surface area contributed by atoms with Crippen molar-refractivity contribution >= 4 is 28.1 Å². The molecule has 0 spiro atoms. The van der Waals surface area contributed by atoms with Gasteiger partial charge >= 0.3 is 5.97 Å². The van der Waals surface area contributed by atoms with Gasteiger partial charge in [0.25, 0.3) is 0 Å². The average molecular weight is 248 g/mol. The van der Waals surface area contributed by atoms with Gasteiger partial charge in [0.1, 0.15) is 0 Å². The SMILES string of the molecule is Cc1ccc(Nc2nc(C)cs2)c(C(=O)O)c1. The highest BCUT2D eigenvalue weighted by atomic mass is 32.1. The summed E-state index contributed by atoms with van der Waals surface area (Å²) in [5.41, 5.74) is 2.67. The highest BCUT2D eigenvalue weighted by molar-refractivity contribution is 7.13. The molecule has 5 heteroatoms. The smallest absolute Gasteiger partial charge is 0.337 e. The number of aryl methyl sites for hydroxylation is 2. The van der Waals surface area contributed by atoms with E-state index < -0.39 is 5.97 Å². The van der Waals surface area contributed by atoms with E-state index in [1.807, 2.05) is 25.3 Å². The molecule has 2 aromatic rings. The van der Waals surface area contributed by atoms with Crippen molar-refractivity contribution in [2.45, 2.75) is 13.8 Å². The molecule has 0 aliphatic rings. The molecular formula is C12H12N2O2S. The van der Waals surface area contributed by atoms with E-state index in [-0.39, 0.29) is 5.56 Å². The Labute approximate surface area is 103 Å². The molecule has 0 bridgehead atoms. The van der Waals surface area contributed by atoms with E-state index >= 15 is 0 Å². The van der Waals surface area contributed by atoms with E-state index in [0.717, 1.165) is 11.3 Å². The maximum Gasteiger partial charge on any atom is 0.337 e. The van der Waals surface area contributed by atoms with Crippen molar-refractivity contribution in [2.24, 2.45) is 0 Å². The van der Waals surface area contributed by atoms with Gasteiger partial charge in [-0.3, -0.25) is 0 Å². The van der Waals surface area contributed by atoms with Crippen LogP contribution in [0.2, 0.25) is 0 Å². The fraction of sp³-hybridized carbons (Fsp3) is 0.167. The Kier molecular flexibility index (Phi) is 3.10. The number of hydrogen-bond donors (Lipinski definition) is 2. The van der Waals surface area contributed by atoms with Crippen LogP contribution >= 0.6 is 11.3 Å². The summed E-state index contributed by atoms with van der Waals surface area (Å²) in [6.45, 7) is 3.76. The van der Waals surface area contributed by atoms with Gasteiger partial charge in [0.05, 0.1) is 16.9 Å². The van der Waals surface area contributed by atoms with Crippen LogP contribution in [0.1, 0.15) is 21.6 Å². The van der Waals surface area contributed by atoms with Crippen molar-refractivity contribution in [3.05, 3.63) is 40.4 Å². The molecule has 1 heterocycles. The van der Waals surface area contributed by atoms with Crippen LogP contribution in [0.15, 0.2) is 23.6 Å². The van der Waals surface area contributed by atoms with Crippen molar-refractivity contribution in [3.8, 4) is 0 Å². The van der Waals surface area contributed by atoms with Crippen molar-refractivity contribution in [1.82, 2.24) is 4.98 Å². The Hall–Kier alpha value is -1.88. The molecule has 0 amide bonds. The fourth-order valence-electron chi connectivity index (χ4n) is 1.47. The summed E-state index contributed by atoms with van der Waals surface area (Å²) in [6, 6.07) is 5.27. The lowest BCUT2D eigenvalue weighted by Gasteiger charge is -2.07. The van der Waals surface area contributed by atoms with E-state index in [1.54, 1.807) is 12.1 Å². The molecule has 2 N–H and O–H groups in total. The summed E-state index contributed by atoms with van der Waals surface area (Å²) in [7, 11) is 0. The molecule has 0 unspecified atom stereocenters. The summed E-state index contributed by atoms with van der Waals surface area (Å²) in [4.78, 5) is 15.4. The van der Waals surface area contributed by atoms with Crippen LogP contribution in [0, 0.1) is 13.8 Å². The maximum absolute atomic E-state index is 11.1. The van der Waals surface area contributed by atoms with Gasteiger partial charge in [-0.15, -0.1) is 11.3 Å². The van der Waals surface area contributed by atoms with Crippen LogP contribution in [0.25, 0.3) is 0 Å². The lowest BCUT2D eigenvalue weighted by Crippen LogP contribution is -2.03. The number of rotatable bonds is 3. The van der Waals surface area contributed by atoms with Crippen LogP contribution in [-0.4, -0.2) is 16.1 Å². The first-order valence-electron chi connectivity index (χ1n) is 5.09. The highest BCUT2D eigenvalue weighted by Crippen LogP contribution is 2.24. The lowest BCUT2D eigenvalue weighted by atomic mass is 10.1. The largest absolute Gasteiger partial charge is 0.478 e. The monoisotopic (exact) mass is 248 g/mol. The summed E-state index contributed by atoms with van der Waals surface area (Å²) < 4.78 is 0. The number of aromatic nitrogens is 1. The molecule has 0 aliphatic heterocycles. The number of nitrogens with one attached hydrogen (secondary N) is 1. The van der Waals surface area contributed by atoms with Crippen LogP contribution in [0.4, 0.5) is 10.8 Å². The Bertz CT molecular complexity index is 563. The first-order chi connectivity index (χ1) is 8.06. The molecule has 17 heavy (non-hydrogen) atoms. The zero-order valence-corrected chi connectivity index (χ0v) is 10.3. The number of carboxylic acid groups (broad SMARTS) is 1. The number of anilines is 2. The molecule has 88 valence electrons. The number of nitrogens with zero attached hydrogens (tertiary/aromatic N) is 1. The maximum atomic E-state index is 11.1. The highest BCUT2D eigenvalue weighted by Gasteiger charge is 2.11. The second-order valence-electron chi connectivity index (χ2n) is 3.77. The normalized spacial score (nSPS) is 10.2. The average Bonchev–Trinajstić information content (AvgIpc) is 2.66. The topological polar surface area (TPSA) is 62.2 Å². The third-order valence-electron chi connectivity index (χ3n) is 2.27. The Balaban J connectivity index is 2.35. The molecule has 4 nitrogen and oxygen atoms in total. The van der Waals surface area contributed by atoms with Gasteiger partial charge in [0, 0.05) is 5.38 Å². The predicted octanol–water partition coefficient (Wildman–Crippen LogP) is 3.20. The van der Waals surface area contributed by atoms with Crippen LogP contribution in [0.3, 0.4) is 0 Å². The number of thiazole rings is 1. The van der Waals surface area contributed by atoms with Gasteiger partial charge in [-0.2, -0.15) is 0 Å². The number of hydrogen-bond acceptors (Lipinski definition) is 4. The van der Waals surface area contributed by atoms with E-state index in [0.29, 0.717) is 10.8 Å². The quantitative estimate of drug-likeness (QED) is 0.875. The second-order valence-corrected chi connectivity index (χ2v) is 4.63. The van der Waals surface area contributed by atoms with Gasteiger partial charge in [0.15, 0.2) is 5.13 Å². The minimum Gasteiger partial charge on any atom is -0.478 e. The fourth-order valence-corrected chi connectivity index (χ4v) is 2.17. The Morgan fingerprint density at radius 2 is 2.18 bits per heavy atom. The molecule has 0 aliphatic carbocycles. The minimum absolute atomic E-state index is 0.262. The minimum atomic E-state index is -0.940. The Morgan fingerprint density at radius 1 is 1.41 bits per heavy atom. The van der Waals surface area contributed by atoms with E-state index in [4.69, 9.17) is 5.11 Å². The van der Waals surface area contributed by atoms with Gasteiger partial charge in [-0.1, -0.05) is 11.6 Å². The van der Waals surface area contributed by atoms with E-state index in [2.05, 4.69) is 10.3 Å².